The van der Waals surface area contributed by atoms with E-state index in [0.717, 1.165) is 83.4 Å². The third-order valence-corrected chi connectivity index (χ3v) is 10.3. The Morgan fingerprint density at radius 2 is 1.70 bits per heavy atom. The number of hydrogen-bond donors (Lipinski definition) is 2. The maximum Gasteiger partial charge on any atom is 0.317 e. The number of rotatable bonds is 8. The van der Waals surface area contributed by atoms with Crippen LogP contribution in [0.25, 0.3) is 0 Å². The average Bonchev–Trinajstić information content (AvgIpc) is 3.38. The van der Waals surface area contributed by atoms with Crippen LogP contribution in [-0.2, 0) is 9.53 Å². The van der Waals surface area contributed by atoms with E-state index in [2.05, 4.69) is 15.5 Å². The molecular weight excluding hydrogens is 514 g/mol. The molecule has 1 aliphatic carbocycles. The van der Waals surface area contributed by atoms with Crippen LogP contribution >= 0.6 is 0 Å². The number of halogens is 2. The molecule has 7 nitrogen and oxygen atoms in total. The highest BCUT2D eigenvalue weighted by Gasteiger charge is 2.53. The molecule has 9 heteroatoms. The third-order valence-electron chi connectivity index (χ3n) is 10.3. The minimum atomic E-state index is -2.64. The molecule has 3 atom stereocenters. The van der Waals surface area contributed by atoms with Crippen LogP contribution in [0.2, 0.25) is 0 Å². The molecule has 1 spiro atoms. The van der Waals surface area contributed by atoms with Gasteiger partial charge in [-0.05, 0) is 69.3 Å². The number of urea groups is 1. The smallest absolute Gasteiger partial charge is 0.317 e. The second kappa shape index (κ2) is 11.6. The van der Waals surface area contributed by atoms with E-state index in [1.165, 1.54) is 0 Å². The summed E-state index contributed by atoms with van der Waals surface area (Å²) in [7, 11) is 0. The SMILES string of the molecule is O=C(N[C@@H](CCN1C2CCC1CC1(C2)CN(CC2CCOCC2)C(=O)N1)c1ccccc1)C1CCC(F)(F)CC1. The van der Waals surface area contributed by atoms with Gasteiger partial charge in [0, 0.05) is 63.7 Å². The van der Waals surface area contributed by atoms with Gasteiger partial charge in [-0.3, -0.25) is 9.69 Å². The van der Waals surface area contributed by atoms with Crippen LogP contribution in [0.3, 0.4) is 0 Å². The standard InChI is InChI=1S/C31H44F2N4O3/c32-31(33)13-8-24(9-14-31)28(38)34-27(23-4-2-1-3-5-23)10-15-37-25-6-7-26(37)19-30(18-25)21-36(29(39)35-30)20-22-11-16-40-17-12-22/h1-5,22,24-27H,6-21H2,(H,34,38)(H,35,39)/t25?,26?,27-,30?/m0/s1. The second-order valence-corrected chi connectivity index (χ2v) is 13.1. The first-order valence-electron chi connectivity index (χ1n) is 15.4. The molecule has 3 amide bonds. The Morgan fingerprint density at radius 1 is 1.02 bits per heavy atom. The molecule has 4 saturated heterocycles. The number of piperidine rings is 1. The summed E-state index contributed by atoms with van der Waals surface area (Å²) in [5.74, 6) is -2.54. The molecule has 220 valence electrons. The van der Waals surface area contributed by atoms with Gasteiger partial charge in [0.05, 0.1) is 11.6 Å². The Kier molecular flexibility index (Phi) is 8.05. The number of ether oxygens (including phenoxy) is 1. The van der Waals surface area contributed by atoms with Gasteiger partial charge in [-0.1, -0.05) is 30.3 Å². The lowest BCUT2D eigenvalue weighted by molar-refractivity contribution is -0.130. The van der Waals surface area contributed by atoms with Gasteiger partial charge in [0.2, 0.25) is 11.8 Å². The Bertz CT molecular complexity index is 1030. The average molecular weight is 559 g/mol. The fraction of sp³-hybridized carbons (Fsp3) is 0.742. The Hall–Kier alpha value is -2.26. The maximum atomic E-state index is 13.7. The molecule has 2 bridgehead atoms. The summed E-state index contributed by atoms with van der Waals surface area (Å²) in [5.41, 5.74) is 0.922. The largest absolute Gasteiger partial charge is 0.381 e. The Morgan fingerprint density at radius 3 is 2.38 bits per heavy atom. The van der Waals surface area contributed by atoms with Crippen molar-refractivity contribution in [1.29, 1.82) is 0 Å². The van der Waals surface area contributed by atoms with Crippen molar-refractivity contribution in [3.05, 3.63) is 35.9 Å². The van der Waals surface area contributed by atoms with E-state index in [1.807, 2.05) is 35.2 Å². The van der Waals surface area contributed by atoms with E-state index >= 15 is 0 Å². The third kappa shape index (κ3) is 6.15. The topological polar surface area (TPSA) is 73.9 Å². The monoisotopic (exact) mass is 558 g/mol. The van der Waals surface area contributed by atoms with Crippen molar-refractivity contribution in [3.8, 4) is 0 Å². The molecule has 1 saturated carbocycles. The first-order valence-corrected chi connectivity index (χ1v) is 15.4. The molecule has 1 aromatic carbocycles. The van der Waals surface area contributed by atoms with Crippen molar-refractivity contribution in [2.24, 2.45) is 11.8 Å². The van der Waals surface area contributed by atoms with Crippen molar-refractivity contribution in [2.45, 2.75) is 100 Å². The zero-order chi connectivity index (χ0) is 27.7. The fourth-order valence-electron chi connectivity index (χ4n) is 8.08. The van der Waals surface area contributed by atoms with Crippen LogP contribution in [0.15, 0.2) is 30.3 Å². The quantitative estimate of drug-likeness (QED) is 0.477. The van der Waals surface area contributed by atoms with Gasteiger partial charge in [-0.25, -0.2) is 13.6 Å². The van der Waals surface area contributed by atoms with Crippen LogP contribution in [0, 0.1) is 11.8 Å². The van der Waals surface area contributed by atoms with E-state index in [0.29, 0.717) is 18.0 Å². The highest BCUT2D eigenvalue weighted by Crippen LogP contribution is 2.43. The van der Waals surface area contributed by atoms with Crippen molar-refractivity contribution >= 4 is 11.9 Å². The number of benzene rings is 1. The van der Waals surface area contributed by atoms with E-state index in [1.54, 1.807) is 0 Å². The van der Waals surface area contributed by atoms with Gasteiger partial charge >= 0.3 is 6.03 Å². The molecule has 2 unspecified atom stereocenters. The van der Waals surface area contributed by atoms with E-state index in [4.69, 9.17) is 4.74 Å². The second-order valence-electron chi connectivity index (χ2n) is 13.1. The molecule has 2 N–H and O–H groups in total. The highest BCUT2D eigenvalue weighted by atomic mass is 19.3. The molecule has 5 aliphatic rings. The van der Waals surface area contributed by atoms with Gasteiger partial charge in [-0.2, -0.15) is 0 Å². The first-order chi connectivity index (χ1) is 19.3. The molecule has 0 aromatic heterocycles. The Balaban J connectivity index is 1.06. The number of nitrogens with zero attached hydrogens (tertiary/aromatic N) is 2. The summed E-state index contributed by atoms with van der Waals surface area (Å²) in [6.45, 7) is 4.09. The summed E-state index contributed by atoms with van der Waals surface area (Å²) in [5, 5.41) is 6.64. The number of carbonyl (C=O) groups is 2. The van der Waals surface area contributed by atoms with Gasteiger partial charge in [0.15, 0.2) is 0 Å². The first kappa shape index (κ1) is 27.9. The predicted molar refractivity (Wildman–Crippen MR) is 148 cm³/mol. The number of hydrogen-bond acceptors (Lipinski definition) is 4. The van der Waals surface area contributed by atoms with Gasteiger partial charge in [0.25, 0.3) is 0 Å². The van der Waals surface area contributed by atoms with E-state index in [-0.39, 0.29) is 55.1 Å². The van der Waals surface area contributed by atoms with Gasteiger partial charge in [-0.15, -0.1) is 0 Å². The van der Waals surface area contributed by atoms with Crippen LogP contribution in [0.1, 0.15) is 82.2 Å². The van der Waals surface area contributed by atoms with E-state index in [9.17, 15) is 18.4 Å². The molecule has 40 heavy (non-hydrogen) atoms. The van der Waals surface area contributed by atoms with Crippen molar-refractivity contribution in [2.75, 3.05) is 32.8 Å². The van der Waals surface area contributed by atoms with Crippen LogP contribution in [0.4, 0.5) is 13.6 Å². The molecular formula is C31H44F2N4O3. The molecule has 4 aliphatic heterocycles. The number of nitrogens with one attached hydrogen (secondary N) is 2. The highest BCUT2D eigenvalue weighted by molar-refractivity contribution is 5.79. The lowest BCUT2D eigenvalue weighted by Crippen LogP contribution is -2.57. The summed E-state index contributed by atoms with van der Waals surface area (Å²) < 4.78 is 32.8. The van der Waals surface area contributed by atoms with Crippen LogP contribution in [-0.4, -0.2) is 78.1 Å². The van der Waals surface area contributed by atoms with Gasteiger partial charge < -0.3 is 20.3 Å². The fourth-order valence-corrected chi connectivity index (χ4v) is 8.08. The minimum Gasteiger partial charge on any atom is -0.381 e. The zero-order valence-electron chi connectivity index (χ0n) is 23.5. The number of carbonyl (C=O) groups excluding carboxylic acids is 2. The number of alkyl halides is 2. The predicted octanol–water partition coefficient (Wildman–Crippen LogP) is 4.88. The summed E-state index contributed by atoms with van der Waals surface area (Å²) in [6, 6.07) is 10.8. The molecule has 5 fully saturated rings. The zero-order valence-corrected chi connectivity index (χ0v) is 23.5. The van der Waals surface area contributed by atoms with Crippen molar-refractivity contribution in [1.82, 2.24) is 20.4 Å². The minimum absolute atomic E-state index is 0.0895. The number of fused-ring (bicyclic) bond motifs is 2. The van der Waals surface area contributed by atoms with Gasteiger partial charge in [0.1, 0.15) is 0 Å². The maximum absolute atomic E-state index is 13.7. The molecule has 4 heterocycles. The summed E-state index contributed by atoms with van der Waals surface area (Å²) in [6.07, 6.45) is 7.14. The molecule has 0 radical (unpaired) electrons. The summed E-state index contributed by atoms with van der Waals surface area (Å²) in [4.78, 5) is 30.8. The van der Waals surface area contributed by atoms with Crippen LogP contribution < -0.4 is 10.6 Å². The van der Waals surface area contributed by atoms with Crippen molar-refractivity contribution in [3.63, 3.8) is 0 Å². The lowest BCUT2D eigenvalue weighted by Gasteiger charge is -2.45. The molecule has 6 rings (SSSR count). The van der Waals surface area contributed by atoms with Crippen molar-refractivity contribution < 1.29 is 23.1 Å². The van der Waals surface area contributed by atoms with E-state index < -0.39 is 5.92 Å². The normalized spacial score (nSPS) is 31.9. The lowest BCUT2D eigenvalue weighted by atomic mass is 9.83. The Labute approximate surface area is 236 Å². The summed E-state index contributed by atoms with van der Waals surface area (Å²) >= 11 is 0. The molecule has 1 aromatic rings. The van der Waals surface area contributed by atoms with Crippen LogP contribution in [0.5, 0.6) is 0 Å². The number of amides is 3.